The second-order valence-corrected chi connectivity index (χ2v) is 10.7. The average Bonchev–Trinajstić information content (AvgIpc) is 3.29. The first-order chi connectivity index (χ1) is 13.2. The van der Waals surface area contributed by atoms with Crippen LogP contribution in [0.25, 0.3) is 21.8 Å². The lowest BCUT2D eigenvalue weighted by atomic mass is 10.1. The molecule has 0 saturated carbocycles. The van der Waals surface area contributed by atoms with E-state index in [0.717, 1.165) is 11.1 Å². The van der Waals surface area contributed by atoms with Gasteiger partial charge in [-0.15, -0.1) is 11.3 Å². The SMILES string of the molecule is CC1(C)C(=N)N[C@H](c2sc(-c3cccc(-c4ncon4)c3)cc2F)CS1(=O)=O. The zero-order valence-electron chi connectivity index (χ0n) is 15.1. The van der Waals surface area contributed by atoms with Crippen molar-refractivity contribution in [2.45, 2.75) is 24.6 Å². The molecule has 1 saturated heterocycles. The van der Waals surface area contributed by atoms with Crippen molar-refractivity contribution in [3.8, 4) is 21.8 Å². The first kappa shape index (κ1) is 18.8. The van der Waals surface area contributed by atoms with E-state index in [-0.39, 0.29) is 16.5 Å². The minimum atomic E-state index is -3.59. The van der Waals surface area contributed by atoms with Crippen molar-refractivity contribution in [3.63, 3.8) is 0 Å². The monoisotopic (exact) mass is 420 g/mol. The number of hydrogen-bond donors (Lipinski definition) is 2. The second kappa shape index (κ2) is 6.49. The molecule has 4 rings (SSSR count). The fourth-order valence-electron chi connectivity index (χ4n) is 2.99. The molecular weight excluding hydrogens is 403 g/mol. The normalized spacial score (nSPS) is 20.7. The van der Waals surface area contributed by atoms with Gasteiger partial charge in [-0.25, -0.2) is 12.8 Å². The Morgan fingerprint density at radius 2 is 2.07 bits per heavy atom. The van der Waals surface area contributed by atoms with E-state index < -0.39 is 26.4 Å². The zero-order chi connectivity index (χ0) is 20.1. The standard InChI is InChI=1S/C18H17FN4O3S2/c1-18(2)17(20)22-13(8-28(18,24)25)15-12(19)7-14(27-15)10-4-3-5-11(6-10)16-21-9-26-23-16/h3-7,9,13H,8H2,1-2H3,(H2,20,22)/t13-/m0/s1. The topological polar surface area (TPSA) is 109 Å². The van der Waals surface area contributed by atoms with E-state index in [2.05, 4.69) is 15.5 Å². The highest BCUT2D eigenvalue weighted by Crippen LogP contribution is 2.38. The number of nitrogens with zero attached hydrogens (tertiary/aromatic N) is 2. The van der Waals surface area contributed by atoms with Gasteiger partial charge < -0.3 is 9.84 Å². The molecule has 0 unspecified atom stereocenters. The fraction of sp³-hybridized carbons (Fsp3) is 0.278. The van der Waals surface area contributed by atoms with E-state index in [9.17, 15) is 12.8 Å². The highest BCUT2D eigenvalue weighted by Gasteiger charge is 2.46. The Bertz CT molecular complexity index is 1150. The van der Waals surface area contributed by atoms with Gasteiger partial charge in [0.25, 0.3) is 0 Å². The summed E-state index contributed by atoms with van der Waals surface area (Å²) >= 11 is 1.17. The maximum atomic E-state index is 14.7. The maximum absolute atomic E-state index is 14.7. The number of aromatic nitrogens is 2. The molecule has 3 aromatic rings. The van der Waals surface area contributed by atoms with Crippen molar-refractivity contribution in [1.29, 1.82) is 5.41 Å². The molecule has 0 aliphatic carbocycles. The maximum Gasteiger partial charge on any atom is 0.214 e. The Morgan fingerprint density at radius 3 is 2.75 bits per heavy atom. The number of amidine groups is 1. The van der Waals surface area contributed by atoms with Crippen LogP contribution in [0.4, 0.5) is 4.39 Å². The van der Waals surface area contributed by atoms with E-state index in [1.54, 1.807) is 6.07 Å². The summed E-state index contributed by atoms with van der Waals surface area (Å²) in [7, 11) is -3.59. The lowest BCUT2D eigenvalue weighted by Crippen LogP contribution is -2.56. The van der Waals surface area contributed by atoms with Gasteiger partial charge >= 0.3 is 0 Å². The van der Waals surface area contributed by atoms with Crippen molar-refractivity contribution in [2.75, 3.05) is 5.75 Å². The molecule has 1 aliphatic heterocycles. The van der Waals surface area contributed by atoms with Gasteiger partial charge in [-0.2, -0.15) is 4.98 Å². The Kier molecular flexibility index (Phi) is 4.35. The van der Waals surface area contributed by atoms with E-state index in [0.29, 0.717) is 10.7 Å². The van der Waals surface area contributed by atoms with Gasteiger partial charge in [0.15, 0.2) is 9.84 Å². The summed E-state index contributed by atoms with van der Waals surface area (Å²) in [5, 5.41) is 14.7. The van der Waals surface area contributed by atoms with Gasteiger partial charge in [-0.3, -0.25) is 5.41 Å². The number of nitrogens with one attached hydrogen (secondary N) is 2. The van der Waals surface area contributed by atoms with Crippen molar-refractivity contribution in [3.05, 3.63) is 47.4 Å². The summed E-state index contributed by atoms with van der Waals surface area (Å²) in [6, 6.07) is 7.86. The third-order valence-corrected chi connectivity index (χ3v) is 8.68. The van der Waals surface area contributed by atoms with Gasteiger partial charge in [0.2, 0.25) is 12.2 Å². The molecule has 1 fully saturated rings. The molecule has 0 radical (unpaired) electrons. The first-order valence-electron chi connectivity index (χ1n) is 8.43. The number of rotatable bonds is 3. The Morgan fingerprint density at radius 1 is 1.32 bits per heavy atom. The van der Waals surface area contributed by atoms with Crippen molar-refractivity contribution < 1.29 is 17.3 Å². The lowest BCUT2D eigenvalue weighted by molar-refractivity contribution is 0.419. The van der Waals surface area contributed by atoms with Gasteiger partial charge in [0, 0.05) is 10.4 Å². The van der Waals surface area contributed by atoms with Crippen molar-refractivity contribution in [1.82, 2.24) is 15.5 Å². The minimum Gasteiger partial charge on any atom is -0.364 e. The first-order valence-corrected chi connectivity index (χ1v) is 10.9. The molecule has 0 spiro atoms. The molecular formula is C18H17FN4O3S2. The molecule has 1 aromatic carbocycles. The number of hydrogen-bond acceptors (Lipinski definition) is 7. The summed E-state index contributed by atoms with van der Waals surface area (Å²) in [6.07, 6.45) is 1.23. The molecule has 28 heavy (non-hydrogen) atoms. The number of thiophene rings is 1. The Balaban J connectivity index is 1.69. The molecule has 7 nitrogen and oxygen atoms in total. The Labute approximate surface area is 165 Å². The highest BCUT2D eigenvalue weighted by molar-refractivity contribution is 7.93. The third-order valence-electron chi connectivity index (χ3n) is 4.88. The molecule has 10 heteroatoms. The van der Waals surface area contributed by atoms with Crippen LogP contribution in [0.2, 0.25) is 0 Å². The van der Waals surface area contributed by atoms with Gasteiger partial charge in [-0.05, 0) is 31.5 Å². The van der Waals surface area contributed by atoms with Crippen LogP contribution in [-0.2, 0) is 9.84 Å². The molecule has 3 heterocycles. The predicted molar refractivity (Wildman–Crippen MR) is 104 cm³/mol. The molecule has 2 N–H and O–H groups in total. The summed E-state index contributed by atoms with van der Waals surface area (Å²) in [5.41, 5.74) is 1.48. The molecule has 146 valence electrons. The number of benzene rings is 1. The van der Waals surface area contributed by atoms with Crippen LogP contribution < -0.4 is 5.32 Å². The summed E-state index contributed by atoms with van der Waals surface area (Å²) in [4.78, 5) is 4.92. The van der Waals surface area contributed by atoms with Crippen LogP contribution in [0.3, 0.4) is 0 Å². The fourth-order valence-corrected chi connectivity index (χ4v) is 5.65. The molecule has 1 aliphatic rings. The Hall–Kier alpha value is -2.59. The van der Waals surface area contributed by atoms with Crippen molar-refractivity contribution in [2.24, 2.45) is 0 Å². The predicted octanol–water partition coefficient (Wildman–Crippen LogP) is 3.42. The lowest BCUT2D eigenvalue weighted by Gasteiger charge is -2.35. The van der Waals surface area contributed by atoms with Gasteiger partial charge in [0.05, 0.1) is 16.7 Å². The number of sulfone groups is 1. The van der Waals surface area contributed by atoms with Crippen LogP contribution in [0, 0.1) is 11.2 Å². The van der Waals surface area contributed by atoms with Crippen LogP contribution >= 0.6 is 11.3 Å². The molecule has 0 amide bonds. The third kappa shape index (κ3) is 3.02. The smallest absolute Gasteiger partial charge is 0.214 e. The van der Waals surface area contributed by atoms with E-state index in [4.69, 9.17) is 9.93 Å². The van der Waals surface area contributed by atoms with E-state index in [1.165, 1.54) is 37.6 Å². The number of halogens is 1. The molecule has 2 aromatic heterocycles. The van der Waals surface area contributed by atoms with E-state index >= 15 is 0 Å². The highest BCUT2D eigenvalue weighted by atomic mass is 32.2. The van der Waals surface area contributed by atoms with Crippen LogP contribution in [0.1, 0.15) is 24.8 Å². The van der Waals surface area contributed by atoms with E-state index in [1.807, 2.05) is 18.2 Å². The summed E-state index contributed by atoms with van der Waals surface area (Å²) in [6.45, 7) is 2.96. The summed E-state index contributed by atoms with van der Waals surface area (Å²) < 4.78 is 43.2. The minimum absolute atomic E-state index is 0.128. The van der Waals surface area contributed by atoms with Gasteiger partial charge in [-0.1, -0.05) is 23.4 Å². The van der Waals surface area contributed by atoms with Gasteiger partial charge in [0.1, 0.15) is 16.4 Å². The van der Waals surface area contributed by atoms with Crippen LogP contribution in [-0.4, -0.2) is 34.9 Å². The largest absolute Gasteiger partial charge is 0.364 e. The summed E-state index contributed by atoms with van der Waals surface area (Å²) in [5.74, 6) is -0.459. The van der Waals surface area contributed by atoms with Crippen LogP contribution in [0.5, 0.6) is 0 Å². The average molecular weight is 420 g/mol. The van der Waals surface area contributed by atoms with Crippen LogP contribution in [0.15, 0.2) is 41.2 Å². The van der Waals surface area contributed by atoms with Crippen molar-refractivity contribution >= 4 is 27.0 Å². The molecule has 0 bridgehead atoms. The quantitative estimate of drug-likeness (QED) is 0.672. The molecule has 1 atom stereocenters. The zero-order valence-corrected chi connectivity index (χ0v) is 16.7. The second-order valence-electron chi connectivity index (χ2n) is 7.02.